The summed E-state index contributed by atoms with van der Waals surface area (Å²) in [5, 5.41) is 2.93. The fourth-order valence-electron chi connectivity index (χ4n) is 1.87. The number of amides is 1. The second-order valence-corrected chi connectivity index (χ2v) is 4.64. The summed E-state index contributed by atoms with van der Waals surface area (Å²) in [6.45, 7) is 1.96. The highest BCUT2D eigenvalue weighted by Gasteiger charge is 2.06. The van der Waals surface area contributed by atoms with Crippen LogP contribution in [0.5, 0.6) is 0 Å². The van der Waals surface area contributed by atoms with Crippen LogP contribution >= 0.6 is 0 Å². The number of hydrogen-bond acceptors (Lipinski definition) is 2. The molecule has 3 N–H and O–H groups in total. The summed E-state index contributed by atoms with van der Waals surface area (Å²) in [4.78, 5) is 11.8. The third-order valence-corrected chi connectivity index (χ3v) is 3.02. The number of carbonyl (C=O) groups is 1. The van der Waals surface area contributed by atoms with Gasteiger partial charge in [0.05, 0.1) is 6.04 Å². The van der Waals surface area contributed by atoms with Gasteiger partial charge in [-0.15, -0.1) is 0 Å². The van der Waals surface area contributed by atoms with Crippen LogP contribution in [0, 0.1) is 0 Å². The summed E-state index contributed by atoms with van der Waals surface area (Å²) >= 11 is 0. The van der Waals surface area contributed by atoms with Crippen molar-refractivity contribution in [3.8, 4) is 0 Å². The number of rotatable bonds is 4. The molecule has 0 aliphatic carbocycles. The molecule has 0 radical (unpaired) electrons. The van der Waals surface area contributed by atoms with Crippen LogP contribution in [0.15, 0.2) is 60.7 Å². The molecule has 0 saturated heterocycles. The lowest BCUT2D eigenvalue weighted by atomic mass is 10.1. The number of anilines is 1. The molecule has 0 fully saturated rings. The van der Waals surface area contributed by atoms with Gasteiger partial charge in [0.1, 0.15) is 0 Å². The summed E-state index contributed by atoms with van der Waals surface area (Å²) in [6, 6.07) is 17.2. The van der Waals surface area contributed by atoms with Gasteiger partial charge in [-0.1, -0.05) is 42.5 Å². The maximum Gasteiger partial charge on any atom is 0.244 e. The Balaban J connectivity index is 1.94. The van der Waals surface area contributed by atoms with E-state index in [0.717, 1.165) is 11.1 Å². The zero-order valence-corrected chi connectivity index (χ0v) is 11.4. The van der Waals surface area contributed by atoms with Crippen LogP contribution in [0.3, 0.4) is 0 Å². The van der Waals surface area contributed by atoms with Crippen molar-refractivity contribution in [1.82, 2.24) is 5.32 Å². The largest absolute Gasteiger partial charge is 0.399 e. The predicted molar refractivity (Wildman–Crippen MR) is 82.9 cm³/mol. The van der Waals surface area contributed by atoms with Crippen molar-refractivity contribution >= 4 is 17.7 Å². The van der Waals surface area contributed by atoms with Gasteiger partial charge in [0.15, 0.2) is 0 Å². The molecule has 1 amide bonds. The van der Waals surface area contributed by atoms with E-state index in [9.17, 15) is 4.79 Å². The van der Waals surface area contributed by atoms with Gasteiger partial charge in [-0.2, -0.15) is 0 Å². The minimum Gasteiger partial charge on any atom is -0.399 e. The molecular formula is C17H18N2O. The first-order valence-corrected chi connectivity index (χ1v) is 6.54. The zero-order chi connectivity index (χ0) is 14.4. The van der Waals surface area contributed by atoms with E-state index >= 15 is 0 Å². The van der Waals surface area contributed by atoms with Crippen LogP contribution in [0.25, 0.3) is 6.08 Å². The average molecular weight is 266 g/mol. The SMILES string of the molecule is C[C@@H](NC(=O)/C=C/c1ccc(N)cc1)c1ccccc1. The summed E-state index contributed by atoms with van der Waals surface area (Å²) in [5.41, 5.74) is 8.35. The van der Waals surface area contributed by atoms with Crippen LogP contribution in [0.2, 0.25) is 0 Å². The fourth-order valence-corrected chi connectivity index (χ4v) is 1.87. The van der Waals surface area contributed by atoms with Crippen LogP contribution in [0.1, 0.15) is 24.1 Å². The highest BCUT2D eigenvalue weighted by molar-refractivity contribution is 5.92. The first kappa shape index (κ1) is 13.9. The summed E-state index contributed by atoms with van der Waals surface area (Å²) < 4.78 is 0. The molecule has 2 aromatic rings. The molecule has 0 heterocycles. The van der Waals surface area contributed by atoms with E-state index in [4.69, 9.17) is 5.73 Å². The first-order chi connectivity index (χ1) is 9.65. The molecule has 0 unspecified atom stereocenters. The molecule has 0 spiro atoms. The van der Waals surface area contributed by atoms with E-state index < -0.39 is 0 Å². The normalized spacial score (nSPS) is 12.2. The van der Waals surface area contributed by atoms with Gasteiger partial charge < -0.3 is 11.1 Å². The Morgan fingerprint density at radius 3 is 2.40 bits per heavy atom. The number of hydrogen-bond donors (Lipinski definition) is 2. The Morgan fingerprint density at radius 2 is 1.75 bits per heavy atom. The Hall–Kier alpha value is -2.55. The number of nitrogens with one attached hydrogen (secondary N) is 1. The Kier molecular flexibility index (Phi) is 4.56. The second kappa shape index (κ2) is 6.57. The highest BCUT2D eigenvalue weighted by Crippen LogP contribution is 2.11. The van der Waals surface area contributed by atoms with Gasteiger partial charge in [-0.05, 0) is 36.3 Å². The Morgan fingerprint density at radius 1 is 1.10 bits per heavy atom. The fraction of sp³-hybridized carbons (Fsp3) is 0.118. The van der Waals surface area contributed by atoms with Crippen LogP contribution in [-0.2, 0) is 4.79 Å². The Labute approximate surface area is 119 Å². The molecule has 3 heteroatoms. The topological polar surface area (TPSA) is 55.1 Å². The van der Waals surface area contributed by atoms with Crippen molar-refractivity contribution in [3.05, 3.63) is 71.8 Å². The molecule has 2 aromatic carbocycles. The lowest BCUT2D eigenvalue weighted by Crippen LogP contribution is -2.24. The number of carbonyl (C=O) groups excluding carboxylic acids is 1. The van der Waals surface area contributed by atoms with Gasteiger partial charge in [0.25, 0.3) is 0 Å². The molecule has 1 atom stereocenters. The van der Waals surface area contributed by atoms with E-state index in [0.29, 0.717) is 5.69 Å². The highest BCUT2D eigenvalue weighted by atomic mass is 16.1. The molecule has 3 nitrogen and oxygen atoms in total. The zero-order valence-electron chi connectivity index (χ0n) is 11.4. The van der Waals surface area contributed by atoms with Gasteiger partial charge in [-0.25, -0.2) is 0 Å². The van der Waals surface area contributed by atoms with Gasteiger partial charge in [0, 0.05) is 11.8 Å². The van der Waals surface area contributed by atoms with Gasteiger partial charge in [-0.3, -0.25) is 4.79 Å². The third-order valence-electron chi connectivity index (χ3n) is 3.02. The molecule has 0 aliphatic rings. The lowest BCUT2D eigenvalue weighted by molar-refractivity contribution is -0.117. The Bertz CT molecular complexity index is 588. The quantitative estimate of drug-likeness (QED) is 0.659. The van der Waals surface area contributed by atoms with E-state index in [1.165, 1.54) is 6.08 Å². The van der Waals surface area contributed by atoms with E-state index in [1.54, 1.807) is 6.08 Å². The maximum absolute atomic E-state index is 11.8. The van der Waals surface area contributed by atoms with E-state index in [1.807, 2.05) is 61.5 Å². The van der Waals surface area contributed by atoms with Crippen LogP contribution in [-0.4, -0.2) is 5.91 Å². The summed E-state index contributed by atoms with van der Waals surface area (Å²) in [6.07, 6.45) is 3.30. The van der Waals surface area contributed by atoms with Crippen molar-refractivity contribution in [1.29, 1.82) is 0 Å². The van der Waals surface area contributed by atoms with Crippen LogP contribution < -0.4 is 11.1 Å². The minimum absolute atomic E-state index is 0.0141. The third kappa shape index (κ3) is 3.99. The molecule has 102 valence electrons. The summed E-state index contributed by atoms with van der Waals surface area (Å²) in [5.74, 6) is -0.113. The van der Waals surface area contributed by atoms with Gasteiger partial charge >= 0.3 is 0 Å². The predicted octanol–water partition coefficient (Wildman–Crippen LogP) is 3.16. The van der Waals surface area contributed by atoms with Crippen molar-refractivity contribution < 1.29 is 4.79 Å². The summed E-state index contributed by atoms with van der Waals surface area (Å²) in [7, 11) is 0. The van der Waals surface area contributed by atoms with Crippen molar-refractivity contribution in [2.75, 3.05) is 5.73 Å². The second-order valence-electron chi connectivity index (χ2n) is 4.64. The molecule has 0 saturated carbocycles. The monoisotopic (exact) mass is 266 g/mol. The van der Waals surface area contributed by atoms with Crippen molar-refractivity contribution in [2.24, 2.45) is 0 Å². The number of benzene rings is 2. The molecule has 20 heavy (non-hydrogen) atoms. The average Bonchev–Trinajstić information content (AvgIpc) is 2.47. The lowest BCUT2D eigenvalue weighted by Gasteiger charge is -2.12. The van der Waals surface area contributed by atoms with E-state index in [-0.39, 0.29) is 11.9 Å². The molecule has 0 aromatic heterocycles. The molecule has 0 bridgehead atoms. The molecule has 0 aliphatic heterocycles. The number of nitrogens with two attached hydrogens (primary N) is 1. The molecular weight excluding hydrogens is 248 g/mol. The maximum atomic E-state index is 11.8. The van der Waals surface area contributed by atoms with Gasteiger partial charge in [0.2, 0.25) is 5.91 Å². The smallest absolute Gasteiger partial charge is 0.244 e. The number of nitrogen functional groups attached to an aromatic ring is 1. The standard InChI is InChI=1S/C17H18N2O/c1-13(15-5-3-2-4-6-15)19-17(20)12-9-14-7-10-16(18)11-8-14/h2-13H,18H2,1H3,(H,19,20)/b12-9+/t13-/m1/s1. The minimum atomic E-state index is -0.113. The van der Waals surface area contributed by atoms with E-state index in [2.05, 4.69) is 5.32 Å². The first-order valence-electron chi connectivity index (χ1n) is 6.54. The van der Waals surface area contributed by atoms with Crippen molar-refractivity contribution in [2.45, 2.75) is 13.0 Å². The van der Waals surface area contributed by atoms with Crippen molar-refractivity contribution in [3.63, 3.8) is 0 Å². The van der Waals surface area contributed by atoms with Crippen LogP contribution in [0.4, 0.5) is 5.69 Å². The molecule has 2 rings (SSSR count).